The highest BCUT2D eigenvalue weighted by molar-refractivity contribution is 14.0. The third-order valence-electron chi connectivity index (χ3n) is 5.81. The van der Waals surface area contributed by atoms with E-state index in [0.29, 0.717) is 18.0 Å². The van der Waals surface area contributed by atoms with Crippen LogP contribution in [0.5, 0.6) is 0 Å². The molecule has 0 amide bonds. The van der Waals surface area contributed by atoms with Crippen LogP contribution in [0.2, 0.25) is 0 Å². The molecule has 0 radical (unpaired) electrons. The van der Waals surface area contributed by atoms with Gasteiger partial charge in [0, 0.05) is 57.2 Å². The van der Waals surface area contributed by atoms with Crippen molar-refractivity contribution in [1.29, 1.82) is 0 Å². The molecule has 0 saturated carbocycles. The first kappa shape index (κ1) is 25.8. The Morgan fingerprint density at radius 3 is 2.17 bits per heavy atom. The molecule has 2 fully saturated rings. The van der Waals surface area contributed by atoms with Crippen molar-refractivity contribution in [2.75, 3.05) is 72.7 Å². The topological polar surface area (TPSA) is 61.4 Å². The molecule has 2 saturated heterocycles. The lowest BCUT2D eigenvalue weighted by Crippen LogP contribution is -2.53. The summed E-state index contributed by atoms with van der Waals surface area (Å²) in [7, 11) is 1.85. The van der Waals surface area contributed by atoms with Crippen molar-refractivity contribution >= 4 is 41.3 Å². The van der Waals surface area contributed by atoms with Gasteiger partial charge in [-0.2, -0.15) is 0 Å². The molecule has 2 aliphatic heterocycles. The van der Waals surface area contributed by atoms with E-state index in [0.717, 1.165) is 71.7 Å². The second kappa shape index (κ2) is 13.8. The lowest BCUT2D eigenvalue weighted by molar-refractivity contribution is 0.00747. The third kappa shape index (κ3) is 7.59. The molecular weight excluding hydrogens is 513 g/mol. The minimum atomic E-state index is 0. The van der Waals surface area contributed by atoms with Crippen molar-refractivity contribution in [3.05, 3.63) is 22.4 Å². The van der Waals surface area contributed by atoms with Crippen LogP contribution in [0.1, 0.15) is 24.8 Å². The van der Waals surface area contributed by atoms with Crippen molar-refractivity contribution in [3.63, 3.8) is 0 Å². The molecule has 30 heavy (non-hydrogen) atoms. The van der Waals surface area contributed by atoms with Crippen LogP contribution in [-0.2, 0) is 9.47 Å². The van der Waals surface area contributed by atoms with Crippen LogP contribution in [0.25, 0.3) is 0 Å². The predicted octanol–water partition coefficient (Wildman–Crippen LogP) is 2.26. The van der Waals surface area contributed by atoms with E-state index in [-0.39, 0.29) is 24.0 Å². The molecule has 9 heteroatoms. The van der Waals surface area contributed by atoms with Crippen molar-refractivity contribution < 1.29 is 9.47 Å². The van der Waals surface area contributed by atoms with Crippen molar-refractivity contribution in [2.45, 2.75) is 25.9 Å². The third-order valence-corrected chi connectivity index (χ3v) is 6.78. The summed E-state index contributed by atoms with van der Waals surface area (Å²) >= 11 is 1.82. The Balaban J connectivity index is 0.00000320. The number of morpholine rings is 2. The van der Waals surface area contributed by atoms with E-state index in [4.69, 9.17) is 9.47 Å². The van der Waals surface area contributed by atoms with Crippen LogP contribution in [-0.4, -0.2) is 94.5 Å². The summed E-state index contributed by atoms with van der Waals surface area (Å²) in [5.41, 5.74) is 0. The highest BCUT2D eigenvalue weighted by atomic mass is 127. The van der Waals surface area contributed by atoms with Gasteiger partial charge >= 0.3 is 0 Å². The molecule has 2 aliphatic rings. The molecule has 7 nitrogen and oxygen atoms in total. The minimum Gasteiger partial charge on any atom is -0.379 e. The Morgan fingerprint density at radius 1 is 1.03 bits per heavy atom. The molecule has 0 bridgehead atoms. The quantitative estimate of drug-likeness (QED) is 0.294. The van der Waals surface area contributed by atoms with Gasteiger partial charge in [-0.25, -0.2) is 0 Å². The summed E-state index contributed by atoms with van der Waals surface area (Å²) in [5.74, 6) is 1.45. The zero-order chi connectivity index (χ0) is 20.5. The Hall–Kier alpha value is -0.460. The zero-order valence-corrected chi connectivity index (χ0v) is 21.7. The van der Waals surface area contributed by atoms with E-state index in [9.17, 15) is 0 Å². The first-order valence-electron chi connectivity index (χ1n) is 10.8. The Kier molecular flexibility index (Phi) is 11.9. The summed E-state index contributed by atoms with van der Waals surface area (Å²) in [5, 5.41) is 9.30. The molecule has 2 unspecified atom stereocenters. The van der Waals surface area contributed by atoms with Gasteiger partial charge in [-0.3, -0.25) is 14.8 Å². The summed E-state index contributed by atoms with van der Waals surface area (Å²) < 4.78 is 11.1. The molecule has 1 aromatic heterocycles. The predicted molar refractivity (Wildman–Crippen MR) is 135 cm³/mol. The monoisotopic (exact) mass is 551 g/mol. The van der Waals surface area contributed by atoms with E-state index in [1.165, 1.54) is 4.88 Å². The number of ether oxygens (including phenoxy) is 2. The number of rotatable bonds is 8. The minimum absolute atomic E-state index is 0. The lowest BCUT2D eigenvalue weighted by atomic mass is 10.0. The van der Waals surface area contributed by atoms with Crippen LogP contribution < -0.4 is 10.6 Å². The van der Waals surface area contributed by atoms with E-state index < -0.39 is 0 Å². The molecular formula is C21H38IN5O2S. The second-order valence-electron chi connectivity index (χ2n) is 7.97. The van der Waals surface area contributed by atoms with Crippen molar-refractivity contribution in [2.24, 2.45) is 10.9 Å². The number of aliphatic imine (C=N–C) groups is 1. The number of hydrogen-bond acceptors (Lipinski definition) is 6. The number of nitrogens with zero attached hydrogens (tertiary/aromatic N) is 3. The fourth-order valence-corrected chi connectivity index (χ4v) is 4.95. The highest BCUT2D eigenvalue weighted by Gasteiger charge is 2.25. The van der Waals surface area contributed by atoms with E-state index in [2.05, 4.69) is 56.8 Å². The van der Waals surface area contributed by atoms with Crippen molar-refractivity contribution in [1.82, 2.24) is 20.4 Å². The number of nitrogens with one attached hydrogen (secondary N) is 2. The van der Waals surface area contributed by atoms with Gasteiger partial charge in [0.1, 0.15) is 0 Å². The number of halogens is 1. The van der Waals surface area contributed by atoms with Gasteiger partial charge in [0.05, 0.1) is 32.5 Å². The van der Waals surface area contributed by atoms with Crippen molar-refractivity contribution in [3.8, 4) is 0 Å². The molecule has 2 N–H and O–H groups in total. The fraction of sp³-hybridized carbons (Fsp3) is 0.762. The number of guanidine groups is 1. The maximum atomic E-state index is 5.55. The molecule has 2 atom stereocenters. The zero-order valence-electron chi connectivity index (χ0n) is 18.5. The van der Waals surface area contributed by atoms with Gasteiger partial charge in [-0.05, 0) is 17.4 Å². The molecule has 3 rings (SSSR count). The summed E-state index contributed by atoms with van der Waals surface area (Å²) in [4.78, 5) is 10.9. The van der Waals surface area contributed by atoms with Crippen LogP contribution in [0.4, 0.5) is 0 Å². The maximum Gasteiger partial charge on any atom is 0.191 e. The van der Waals surface area contributed by atoms with Gasteiger partial charge in [0.15, 0.2) is 5.96 Å². The second-order valence-corrected chi connectivity index (χ2v) is 8.95. The average Bonchev–Trinajstić information content (AvgIpc) is 3.28. The number of hydrogen-bond donors (Lipinski definition) is 2. The standard InChI is InChI=1S/C21H37N5O2S.HI/c1-17(2)18(25-6-10-27-11-7-25)15-23-21(22-3)24-16-19(20-5-4-14-29-20)26-8-12-28-13-9-26;/h4-5,14,17-19H,6-13,15-16H2,1-3H3,(H2,22,23,24);1H. The van der Waals surface area contributed by atoms with Gasteiger partial charge in [0.2, 0.25) is 0 Å². The van der Waals surface area contributed by atoms with Crippen LogP contribution in [0, 0.1) is 5.92 Å². The SMILES string of the molecule is CN=C(NCC(c1cccs1)N1CCOCC1)NCC(C(C)C)N1CCOCC1.I. The van der Waals surface area contributed by atoms with Gasteiger partial charge < -0.3 is 20.1 Å². The fourth-order valence-electron chi connectivity index (χ4n) is 4.09. The summed E-state index contributed by atoms with van der Waals surface area (Å²) in [6.45, 7) is 13.6. The smallest absolute Gasteiger partial charge is 0.191 e. The van der Waals surface area contributed by atoms with Gasteiger partial charge in [0.25, 0.3) is 0 Å². The number of thiophene rings is 1. The first-order valence-corrected chi connectivity index (χ1v) is 11.7. The Bertz CT molecular complexity index is 605. The van der Waals surface area contributed by atoms with Crippen LogP contribution >= 0.6 is 35.3 Å². The van der Waals surface area contributed by atoms with E-state index >= 15 is 0 Å². The molecule has 1 aromatic rings. The van der Waals surface area contributed by atoms with Gasteiger partial charge in [-0.15, -0.1) is 35.3 Å². The molecule has 3 heterocycles. The largest absolute Gasteiger partial charge is 0.379 e. The van der Waals surface area contributed by atoms with Gasteiger partial charge in [-0.1, -0.05) is 19.9 Å². The lowest BCUT2D eigenvalue weighted by Gasteiger charge is -2.37. The van der Waals surface area contributed by atoms with E-state index in [1.54, 1.807) is 0 Å². The van der Waals surface area contributed by atoms with Crippen LogP contribution in [0.3, 0.4) is 0 Å². The highest BCUT2D eigenvalue weighted by Crippen LogP contribution is 2.25. The molecule has 0 spiro atoms. The Morgan fingerprint density at radius 2 is 1.63 bits per heavy atom. The van der Waals surface area contributed by atoms with Crippen LogP contribution in [0.15, 0.2) is 22.5 Å². The first-order chi connectivity index (χ1) is 14.2. The summed E-state index contributed by atoms with van der Waals surface area (Å²) in [6, 6.07) is 5.19. The molecule has 172 valence electrons. The summed E-state index contributed by atoms with van der Waals surface area (Å²) in [6.07, 6.45) is 0. The normalized spacial score (nSPS) is 21.1. The molecule has 0 aliphatic carbocycles. The molecule has 0 aromatic carbocycles. The maximum absolute atomic E-state index is 5.55. The average molecular weight is 552 g/mol. The Labute approximate surface area is 202 Å². The van der Waals surface area contributed by atoms with E-state index in [1.807, 2.05) is 18.4 Å².